The number of rotatable bonds is 4. The zero-order valence-electron chi connectivity index (χ0n) is 15.5. The van der Waals surface area contributed by atoms with E-state index in [0.717, 1.165) is 0 Å². The van der Waals surface area contributed by atoms with Crippen LogP contribution in [-0.4, -0.2) is 36.9 Å². The van der Waals surface area contributed by atoms with Gasteiger partial charge in [0.15, 0.2) is 5.76 Å². The van der Waals surface area contributed by atoms with Gasteiger partial charge < -0.3 is 9.84 Å². The molecule has 2 aromatic rings. The first kappa shape index (κ1) is 19.5. The maximum Gasteiger partial charge on any atom is 0.248 e. The van der Waals surface area contributed by atoms with E-state index >= 15 is 0 Å². The number of nitrogens with zero attached hydrogens (tertiary/aromatic N) is 2. The Morgan fingerprint density at radius 2 is 2.07 bits per heavy atom. The largest absolute Gasteiger partial charge is 0.360 e. The van der Waals surface area contributed by atoms with Crippen LogP contribution in [0.3, 0.4) is 0 Å². The van der Waals surface area contributed by atoms with Gasteiger partial charge in [-0.3, -0.25) is 4.79 Å². The molecule has 0 aliphatic carbocycles. The van der Waals surface area contributed by atoms with Crippen LogP contribution in [0.15, 0.2) is 27.6 Å². The van der Waals surface area contributed by atoms with Crippen LogP contribution in [0.2, 0.25) is 0 Å². The van der Waals surface area contributed by atoms with Gasteiger partial charge in [0.25, 0.3) is 0 Å². The maximum atomic E-state index is 13.2. The molecule has 0 bridgehead atoms. The number of aryl methyl sites for hydroxylation is 3. The predicted molar refractivity (Wildman–Crippen MR) is 97.2 cm³/mol. The van der Waals surface area contributed by atoms with E-state index in [-0.39, 0.29) is 28.9 Å². The molecule has 1 N–H and O–H groups in total. The standard InChI is InChI=1S/C18H22FN3O4S/c1-11-9-15(19)6-7-16(11)20-18(23)14-5-4-8-22(10-14)27(24,25)17-12(2)21-26-13(17)3/h6-7,9,14H,4-5,8,10H2,1-3H3,(H,20,23). The average Bonchev–Trinajstić information content (AvgIpc) is 2.96. The van der Waals surface area contributed by atoms with E-state index < -0.39 is 15.9 Å². The lowest BCUT2D eigenvalue weighted by Gasteiger charge is -2.31. The Bertz CT molecular complexity index is 951. The number of sulfonamides is 1. The summed E-state index contributed by atoms with van der Waals surface area (Å²) in [5, 5.41) is 6.49. The molecule has 3 rings (SSSR count). The number of nitrogens with one attached hydrogen (secondary N) is 1. The quantitative estimate of drug-likeness (QED) is 0.859. The average molecular weight is 395 g/mol. The van der Waals surface area contributed by atoms with Gasteiger partial charge in [-0.25, -0.2) is 12.8 Å². The van der Waals surface area contributed by atoms with E-state index in [1.807, 2.05) is 0 Å². The number of aromatic nitrogens is 1. The van der Waals surface area contributed by atoms with Gasteiger partial charge in [-0.05, 0) is 57.4 Å². The van der Waals surface area contributed by atoms with Gasteiger partial charge in [-0.1, -0.05) is 5.16 Å². The Morgan fingerprint density at radius 3 is 2.70 bits per heavy atom. The number of benzene rings is 1. The summed E-state index contributed by atoms with van der Waals surface area (Å²) < 4.78 is 45.4. The van der Waals surface area contributed by atoms with Crippen LogP contribution in [0, 0.1) is 32.5 Å². The molecule has 1 amide bonds. The number of piperidine rings is 1. The molecule has 1 fully saturated rings. The Labute approximate surface area is 157 Å². The Hall–Kier alpha value is -2.26. The van der Waals surface area contributed by atoms with Crippen molar-refractivity contribution in [2.45, 2.75) is 38.5 Å². The second-order valence-electron chi connectivity index (χ2n) is 6.80. The third kappa shape index (κ3) is 3.89. The maximum absolute atomic E-state index is 13.2. The summed E-state index contributed by atoms with van der Waals surface area (Å²) in [6, 6.07) is 4.12. The van der Waals surface area contributed by atoms with Crippen LogP contribution in [0.25, 0.3) is 0 Å². The zero-order chi connectivity index (χ0) is 19.8. The minimum absolute atomic E-state index is 0.0675. The molecule has 1 atom stereocenters. The Kier molecular flexibility index (Phi) is 5.34. The van der Waals surface area contributed by atoms with Crippen LogP contribution in [-0.2, 0) is 14.8 Å². The van der Waals surface area contributed by atoms with E-state index in [1.165, 1.54) is 22.5 Å². The van der Waals surface area contributed by atoms with Gasteiger partial charge in [0.1, 0.15) is 16.4 Å². The fourth-order valence-electron chi connectivity index (χ4n) is 3.35. The SMILES string of the molecule is Cc1cc(F)ccc1NC(=O)C1CCCN(S(=O)(=O)c2c(C)noc2C)C1. The highest BCUT2D eigenvalue weighted by atomic mass is 32.2. The number of carbonyl (C=O) groups excluding carboxylic acids is 1. The van der Waals surface area contributed by atoms with Crippen molar-refractivity contribution in [3.63, 3.8) is 0 Å². The first-order valence-corrected chi connectivity index (χ1v) is 10.1. The van der Waals surface area contributed by atoms with E-state index in [2.05, 4.69) is 10.5 Å². The highest BCUT2D eigenvalue weighted by Crippen LogP contribution is 2.28. The molecule has 2 heterocycles. The van der Waals surface area contributed by atoms with Crippen molar-refractivity contribution in [1.82, 2.24) is 9.46 Å². The number of hydrogen-bond donors (Lipinski definition) is 1. The molecule has 1 aromatic heterocycles. The third-order valence-corrected chi connectivity index (χ3v) is 6.88. The molecular formula is C18H22FN3O4S. The molecule has 0 radical (unpaired) electrons. The summed E-state index contributed by atoms with van der Waals surface area (Å²) in [5.41, 5.74) is 1.44. The Balaban J connectivity index is 1.76. The van der Waals surface area contributed by atoms with Gasteiger partial charge in [0, 0.05) is 18.8 Å². The minimum atomic E-state index is -3.79. The van der Waals surface area contributed by atoms with E-state index in [0.29, 0.717) is 36.3 Å². The van der Waals surface area contributed by atoms with Crippen LogP contribution in [0.4, 0.5) is 10.1 Å². The second-order valence-corrected chi connectivity index (χ2v) is 8.68. The highest BCUT2D eigenvalue weighted by Gasteiger charge is 2.36. The van der Waals surface area contributed by atoms with Crippen molar-refractivity contribution in [3.05, 3.63) is 41.0 Å². The summed E-state index contributed by atoms with van der Waals surface area (Å²) in [5.74, 6) is -0.900. The second kappa shape index (κ2) is 7.40. The first-order chi connectivity index (χ1) is 12.7. The predicted octanol–water partition coefficient (Wildman–Crippen LogP) is 2.78. The molecule has 1 aromatic carbocycles. The molecule has 1 saturated heterocycles. The number of amides is 1. The molecule has 0 spiro atoms. The van der Waals surface area contributed by atoms with Crippen molar-refractivity contribution in [2.75, 3.05) is 18.4 Å². The van der Waals surface area contributed by atoms with Gasteiger partial charge in [0.2, 0.25) is 15.9 Å². The van der Waals surface area contributed by atoms with Gasteiger partial charge in [0.05, 0.1) is 5.92 Å². The molecule has 146 valence electrons. The lowest BCUT2D eigenvalue weighted by Crippen LogP contribution is -2.44. The number of anilines is 1. The number of hydrogen-bond acceptors (Lipinski definition) is 5. The van der Waals surface area contributed by atoms with Crippen molar-refractivity contribution in [2.24, 2.45) is 5.92 Å². The molecule has 1 unspecified atom stereocenters. The highest BCUT2D eigenvalue weighted by molar-refractivity contribution is 7.89. The van der Waals surface area contributed by atoms with Crippen LogP contribution in [0.5, 0.6) is 0 Å². The topological polar surface area (TPSA) is 92.5 Å². The number of halogens is 1. The monoisotopic (exact) mass is 395 g/mol. The summed E-state index contributed by atoms with van der Waals surface area (Å²) in [7, 11) is -3.79. The van der Waals surface area contributed by atoms with E-state index in [4.69, 9.17) is 4.52 Å². The summed E-state index contributed by atoms with van der Waals surface area (Å²) in [4.78, 5) is 12.7. The van der Waals surface area contributed by atoms with E-state index in [9.17, 15) is 17.6 Å². The molecule has 0 saturated carbocycles. The molecular weight excluding hydrogens is 373 g/mol. The fraction of sp³-hybridized carbons (Fsp3) is 0.444. The number of carbonyl (C=O) groups is 1. The third-order valence-electron chi connectivity index (χ3n) is 4.77. The molecule has 7 nitrogen and oxygen atoms in total. The normalized spacial score (nSPS) is 18.4. The van der Waals surface area contributed by atoms with Crippen LogP contribution >= 0.6 is 0 Å². The Morgan fingerprint density at radius 1 is 1.33 bits per heavy atom. The lowest BCUT2D eigenvalue weighted by molar-refractivity contribution is -0.120. The van der Waals surface area contributed by atoms with Gasteiger partial charge >= 0.3 is 0 Å². The minimum Gasteiger partial charge on any atom is -0.360 e. The van der Waals surface area contributed by atoms with E-state index in [1.54, 1.807) is 20.8 Å². The van der Waals surface area contributed by atoms with Crippen molar-refractivity contribution in [3.8, 4) is 0 Å². The summed E-state index contributed by atoms with van der Waals surface area (Å²) in [6.07, 6.45) is 1.16. The zero-order valence-corrected chi connectivity index (χ0v) is 16.3. The molecule has 9 heteroatoms. The smallest absolute Gasteiger partial charge is 0.248 e. The first-order valence-electron chi connectivity index (χ1n) is 8.70. The summed E-state index contributed by atoms with van der Waals surface area (Å²) in [6.45, 7) is 5.26. The summed E-state index contributed by atoms with van der Waals surface area (Å²) >= 11 is 0. The van der Waals surface area contributed by atoms with Crippen molar-refractivity contribution in [1.29, 1.82) is 0 Å². The fourth-order valence-corrected chi connectivity index (χ4v) is 5.16. The van der Waals surface area contributed by atoms with Crippen molar-refractivity contribution < 1.29 is 22.1 Å². The molecule has 27 heavy (non-hydrogen) atoms. The van der Waals surface area contributed by atoms with Crippen LogP contribution in [0.1, 0.15) is 29.9 Å². The van der Waals surface area contributed by atoms with Gasteiger partial charge in [-0.15, -0.1) is 0 Å². The van der Waals surface area contributed by atoms with Gasteiger partial charge in [-0.2, -0.15) is 4.31 Å². The molecule has 1 aliphatic rings. The van der Waals surface area contributed by atoms with Crippen LogP contribution < -0.4 is 5.32 Å². The lowest BCUT2D eigenvalue weighted by atomic mass is 9.98. The van der Waals surface area contributed by atoms with Crippen molar-refractivity contribution >= 4 is 21.6 Å². The molecule has 1 aliphatic heterocycles.